The lowest BCUT2D eigenvalue weighted by molar-refractivity contribution is -0.127. The molecule has 1 aliphatic heterocycles. The SMILES string of the molecule is COc1ccc(C(=O)Oc2ccc(Br)cc2/C=C2\SC(=O)N(CC(=O)Nc3ccccc3)C2=O)cc1. The summed E-state index contributed by atoms with van der Waals surface area (Å²) in [5.74, 6) is -0.904. The van der Waals surface area contributed by atoms with E-state index >= 15 is 0 Å². The molecular formula is C26H19BrN2O6S. The number of para-hydroxylation sites is 1. The van der Waals surface area contributed by atoms with Crippen LogP contribution in [0.25, 0.3) is 6.08 Å². The zero-order valence-corrected chi connectivity index (χ0v) is 21.3. The number of ether oxygens (including phenoxy) is 2. The van der Waals surface area contributed by atoms with Crippen molar-refractivity contribution in [3.05, 3.63) is 93.3 Å². The molecule has 0 spiro atoms. The molecule has 0 saturated carbocycles. The smallest absolute Gasteiger partial charge is 0.343 e. The van der Waals surface area contributed by atoms with Crippen LogP contribution in [0.2, 0.25) is 0 Å². The van der Waals surface area contributed by atoms with Crippen molar-refractivity contribution in [3.8, 4) is 11.5 Å². The summed E-state index contributed by atoms with van der Waals surface area (Å²) in [4.78, 5) is 51.4. The summed E-state index contributed by atoms with van der Waals surface area (Å²) in [6, 6.07) is 20.1. The number of methoxy groups -OCH3 is 1. The number of hydrogen-bond acceptors (Lipinski definition) is 7. The first-order valence-electron chi connectivity index (χ1n) is 10.6. The summed E-state index contributed by atoms with van der Waals surface area (Å²) < 4.78 is 11.3. The molecule has 10 heteroatoms. The molecule has 0 atom stereocenters. The van der Waals surface area contributed by atoms with Gasteiger partial charge in [-0.3, -0.25) is 19.3 Å². The Morgan fingerprint density at radius 3 is 2.44 bits per heavy atom. The lowest BCUT2D eigenvalue weighted by Gasteiger charge is -2.12. The molecule has 0 radical (unpaired) electrons. The summed E-state index contributed by atoms with van der Waals surface area (Å²) in [5, 5.41) is 2.08. The van der Waals surface area contributed by atoms with Crippen molar-refractivity contribution in [3.63, 3.8) is 0 Å². The number of carbonyl (C=O) groups excluding carboxylic acids is 4. The van der Waals surface area contributed by atoms with Crippen LogP contribution in [-0.2, 0) is 9.59 Å². The molecule has 1 N–H and O–H groups in total. The molecule has 0 unspecified atom stereocenters. The van der Waals surface area contributed by atoms with Crippen molar-refractivity contribution in [2.45, 2.75) is 0 Å². The first kappa shape index (κ1) is 25.2. The highest BCUT2D eigenvalue weighted by molar-refractivity contribution is 9.10. The van der Waals surface area contributed by atoms with Crippen molar-refractivity contribution in [1.29, 1.82) is 0 Å². The number of nitrogens with zero attached hydrogens (tertiary/aromatic N) is 1. The van der Waals surface area contributed by atoms with Crippen molar-refractivity contribution in [2.75, 3.05) is 19.0 Å². The number of anilines is 1. The number of halogens is 1. The Labute approximate surface area is 219 Å². The molecule has 1 aliphatic rings. The number of nitrogens with one attached hydrogen (secondary N) is 1. The maximum atomic E-state index is 12.9. The molecule has 0 aromatic heterocycles. The molecule has 4 rings (SSSR count). The van der Waals surface area contributed by atoms with Crippen LogP contribution in [0.4, 0.5) is 10.5 Å². The molecule has 182 valence electrons. The zero-order valence-electron chi connectivity index (χ0n) is 18.9. The molecule has 8 nitrogen and oxygen atoms in total. The van der Waals surface area contributed by atoms with E-state index in [1.54, 1.807) is 72.8 Å². The molecule has 1 fully saturated rings. The second-order valence-corrected chi connectivity index (χ2v) is 9.39. The van der Waals surface area contributed by atoms with Gasteiger partial charge in [0, 0.05) is 15.7 Å². The molecule has 3 amide bonds. The molecule has 0 aliphatic carbocycles. The minimum atomic E-state index is -0.611. The van der Waals surface area contributed by atoms with Gasteiger partial charge in [0.2, 0.25) is 5.91 Å². The summed E-state index contributed by atoms with van der Waals surface area (Å²) in [6.07, 6.45) is 1.46. The molecule has 0 bridgehead atoms. The van der Waals surface area contributed by atoms with E-state index in [0.717, 1.165) is 4.90 Å². The van der Waals surface area contributed by atoms with Crippen molar-refractivity contribution in [1.82, 2.24) is 4.90 Å². The zero-order chi connectivity index (χ0) is 25.7. The Balaban J connectivity index is 1.51. The standard InChI is InChI=1S/C26H19BrN2O6S/c1-34-20-10-7-16(8-11-20)25(32)35-21-12-9-18(27)13-17(21)14-22-24(31)29(26(33)36-22)15-23(30)28-19-5-3-2-4-6-19/h2-14H,15H2,1H3,(H,28,30)/b22-14-. The van der Waals surface area contributed by atoms with E-state index in [9.17, 15) is 19.2 Å². The van der Waals surface area contributed by atoms with Crippen LogP contribution in [0, 0.1) is 0 Å². The van der Waals surface area contributed by atoms with E-state index in [2.05, 4.69) is 21.2 Å². The summed E-state index contributed by atoms with van der Waals surface area (Å²) in [5.41, 5.74) is 1.28. The van der Waals surface area contributed by atoms with Crippen LogP contribution in [0.15, 0.2) is 82.2 Å². The first-order chi connectivity index (χ1) is 17.3. The number of imide groups is 1. The van der Waals surface area contributed by atoms with Crippen LogP contribution in [0.3, 0.4) is 0 Å². The van der Waals surface area contributed by atoms with Crippen molar-refractivity contribution >= 4 is 62.5 Å². The van der Waals surface area contributed by atoms with Gasteiger partial charge >= 0.3 is 5.97 Å². The molecule has 36 heavy (non-hydrogen) atoms. The Kier molecular flexibility index (Phi) is 7.87. The average molecular weight is 567 g/mol. The van der Waals surface area contributed by atoms with Crippen molar-refractivity contribution in [2.24, 2.45) is 0 Å². The molecule has 3 aromatic rings. The van der Waals surface area contributed by atoms with Crippen LogP contribution in [0.1, 0.15) is 15.9 Å². The van der Waals surface area contributed by atoms with Gasteiger partial charge in [0.25, 0.3) is 11.1 Å². The third kappa shape index (κ3) is 6.02. The molecule has 1 saturated heterocycles. The molecule has 3 aromatic carbocycles. The van der Waals surface area contributed by atoms with Crippen LogP contribution >= 0.6 is 27.7 Å². The van der Waals surface area contributed by atoms with Gasteiger partial charge in [-0.15, -0.1) is 0 Å². The van der Waals surface area contributed by atoms with E-state index in [1.807, 2.05) is 0 Å². The third-order valence-corrected chi connectivity index (χ3v) is 6.42. The van der Waals surface area contributed by atoms with Crippen LogP contribution in [-0.4, -0.2) is 41.6 Å². The Bertz CT molecular complexity index is 1360. The normalized spacial score (nSPS) is 14.2. The number of hydrogen-bond donors (Lipinski definition) is 1. The maximum Gasteiger partial charge on any atom is 0.343 e. The van der Waals surface area contributed by atoms with E-state index in [0.29, 0.717) is 38.8 Å². The monoisotopic (exact) mass is 566 g/mol. The van der Waals surface area contributed by atoms with Gasteiger partial charge in [-0.1, -0.05) is 34.1 Å². The highest BCUT2D eigenvalue weighted by atomic mass is 79.9. The summed E-state index contributed by atoms with van der Waals surface area (Å²) in [6.45, 7) is -0.422. The van der Waals surface area contributed by atoms with E-state index in [4.69, 9.17) is 9.47 Å². The highest BCUT2D eigenvalue weighted by Crippen LogP contribution is 2.35. The summed E-state index contributed by atoms with van der Waals surface area (Å²) >= 11 is 4.08. The van der Waals surface area contributed by atoms with E-state index in [-0.39, 0.29) is 10.7 Å². The fourth-order valence-electron chi connectivity index (χ4n) is 3.25. The first-order valence-corrected chi connectivity index (χ1v) is 12.2. The fourth-order valence-corrected chi connectivity index (χ4v) is 4.46. The average Bonchev–Trinajstić information content (AvgIpc) is 3.13. The third-order valence-electron chi connectivity index (χ3n) is 5.02. The van der Waals surface area contributed by atoms with Gasteiger partial charge in [-0.2, -0.15) is 0 Å². The van der Waals surface area contributed by atoms with Gasteiger partial charge in [0.05, 0.1) is 17.6 Å². The number of esters is 1. The number of thioether (sulfide) groups is 1. The number of carbonyl (C=O) groups is 4. The molecular weight excluding hydrogens is 548 g/mol. The lowest BCUT2D eigenvalue weighted by Crippen LogP contribution is -2.36. The van der Waals surface area contributed by atoms with E-state index in [1.165, 1.54) is 13.2 Å². The second kappa shape index (κ2) is 11.2. The Morgan fingerprint density at radius 1 is 1.03 bits per heavy atom. The largest absolute Gasteiger partial charge is 0.497 e. The molecule has 1 heterocycles. The number of amides is 3. The maximum absolute atomic E-state index is 12.9. The second-order valence-electron chi connectivity index (χ2n) is 7.48. The topological polar surface area (TPSA) is 102 Å². The Hall–Kier alpha value is -3.89. The number of rotatable bonds is 7. The summed E-state index contributed by atoms with van der Waals surface area (Å²) in [7, 11) is 1.53. The van der Waals surface area contributed by atoms with E-state index < -0.39 is 29.6 Å². The van der Waals surface area contributed by atoms with Gasteiger partial charge in [-0.25, -0.2) is 4.79 Å². The van der Waals surface area contributed by atoms with Gasteiger partial charge in [0.1, 0.15) is 18.0 Å². The Morgan fingerprint density at radius 2 is 1.75 bits per heavy atom. The van der Waals surface area contributed by atoms with Crippen molar-refractivity contribution < 1.29 is 28.7 Å². The van der Waals surface area contributed by atoms with Gasteiger partial charge in [-0.05, 0) is 72.4 Å². The predicted molar refractivity (Wildman–Crippen MR) is 140 cm³/mol. The minimum Gasteiger partial charge on any atom is -0.497 e. The van der Waals surface area contributed by atoms with Gasteiger partial charge in [0.15, 0.2) is 0 Å². The predicted octanol–water partition coefficient (Wildman–Crippen LogP) is 5.35. The minimum absolute atomic E-state index is 0.104. The quantitative estimate of drug-likeness (QED) is 0.233. The van der Waals surface area contributed by atoms with Crippen LogP contribution in [0.5, 0.6) is 11.5 Å². The lowest BCUT2D eigenvalue weighted by atomic mass is 10.1. The fraction of sp³-hybridized carbons (Fsp3) is 0.0769. The van der Waals surface area contributed by atoms with Crippen LogP contribution < -0.4 is 14.8 Å². The highest BCUT2D eigenvalue weighted by Gasteiger charge is 2.36. The van der Waals surface area contributed by atoms with Gasteiger partial charge < -0.3 is 14.8 Å². The number of benzene rings is 3.